The summed E-state index contributed by atoms with van der Waals surface area (Å²) in [7, 11) is 0. The van der Waals surface area contributed by atoms with Crippen molar-refractivity contribution in [1.29, 1.82) is 0 Å². The zero-order chi connectivity index (χ0) is 15.5. The average Bonchev–Trinajstić information content (AvgIpc) is 2.44. The van der Waals surface area contributed by atoms with Gasteiger partial charge in [-0.3, -0.25) is 4.79 Å². The number of carboxylic acid groups (broad SMARTS) is 1. The Kier molecular flexibility index (Phi) is 4.89. The minimum Gasteiger partial charge on any atom is -0.508 e. The van der Waals surface area contributed by atoms with Crippen molar-refractivity contribution in [2.45, 2.75) is 22.3 Å². The first kappa shape index (κ1) is 15.8. The fraction of sp³-hybridized carbons (Fsp3) is 0.267. The number of hydrogen-bond acceptors (Lipinski definition) is 4. The van der Waals surface area contributed by atoms with Crippen molar-refractivity contribution >= 4 is 28.6 Å². The summed E-state index contributed by atoms with van der Waals surface area (Å²) in [6.07, 6.45) is 6.66. The summed E-state index contributed by atoms with van der Waals surface area (Å²) in [5.41, 5.74) is 5.59. The molecule has 112 valence electrons. The molecule has 0 fully saturated rings. The number of aromatic hydroxyl groups is 1. The summed E-state index contributed by atoms with van der Waals surface area (Å²) < 4.78 is 5.36. The summed E-state index contributed by atoms with van der Waals surface area (Å²) in [4.78, 5) is 10.8. The van der Waals surface area contributed by atoms with Crippen molar-refractivity contribution in [3.8, 4) is 11.5 Å². The molecule has 0 saturated heterocycles. The summed E-state index contributed by atoms with van der Waals surface area (Å²) in [6, 6.07) is 5.58. The molecule has 1 aromatic carbocycles. The molecular formula is C15H16INO4. The fourth-order valence-electron chi connectivity index (χ4n) is 1.97. The highest BCUT2D eigenvalue weighted by molar-refractivity contribution is 14.1. The van der Waals surface area contributed by atoms with Crippen LogP contribution in [0.1, 0.15) is 12.8 Å². The summed E-state index contributed by atoms with van der Waals surface area (Å²) in [6.45, 7) is 0. The minimum atomic E-state index is -0.991. The van der Waals surface area contributed by atoms with Crippen LogP contribution in [-0.2, 0) is 4.79 Å². The molecule has 1 unspecified atom stereocenters. The third kappa shape index (κ3) is 4.47. The Hall–Kier alpha value is -1.54. The van der Waals surface area contributed by atoms with Gasteiger partial charge in [0.05, 0.1) is 0 Å². The van der Waals surface area contributed by atoms with E-state index in [0.717, 1.165) is 0 Å². The average molecular weight is 401 g/mol. The van der Waals surface area contributed by atoms with E-state index >= 15 is 0 Å². The van der Waals surface area contributed by atoms with E-state index in [4.69, 9.17) is 15.6 Å². The molecule has 0 saturated carbocycles. The molecule has 0 radical (unpaired) electrons. The Morgan fingerprint density at radius 1 is 1.43 bits per heavy atom. The van der Waals surface area contributed by atoms with Crippen LogP contribution in [0.15, 0.2) is 48.3 Å². The van der Waals surface area contributed by atoms with Crippen LogP contribution in [0.3, 0.4) is 0 Å². The molecule has 0 bridgehead atoms. The van der Waals surface area contributed by atoms with Crippen LogP contribution in [-0.4, -0.2) is 25.6 Å². The maximum Gasteiger partial charge on any atom is 0.320 e. The number of carbonyl (C=O) groups is 1. The topological polar surface area (TPSA) is 92.8 Å². The van der Waals surface area contributed by atoms with Gasteiger partial charge in [0.25, 0.3) is 0 Å². The number of halogens is 1. The van der Waals surface area contributed by atoms with Crippen LogP contribution < -0.4 is 10.5 Å². The molecular weight excluding hydrogens is 385 g/mol. The highest BCUT2D eigenvalue weighted by Gasteiger charge is 2.30. The van der Waals surface area contributed by atoms with E-state index in [2.05, 4.69) is 22.6 Å². The van der Waals surface area contributed by atoms with Crippen molar-refractivity contribution in [2.75, 3.05) is 0 Å². The molecule has 0 aromatic heterocycles. The first-order valence-corrected chi connectivity index (χ1v) is 7.49. The van der Waals surface area contributed by atoms with Crippen molar-refractivity contribution in [3.05, 3.63) is 48.3 Å². The van der Waals surface area contributed by atoms with Crippen LogP contribution in [0.25, 0.3) is 0 Å². The van der Waals surface area contributed by atoms with Gasteiger partial charge in [0.1, 0.15) is 23.3 Å². The predicted octanol–water partition coefficient (Wildman–Crippen LogP) is 2.59. The summed E-state index contributed by atoms with van der Waals surface area (Å²) >= 11 is 2.22. The molecule has 1 aromatic rings. The van der Waals surface area contributed by atoms with Gasteiger partial charge in [0.15, 0.2) is 0 Å². The van der Waals surface area contributed by atoms with Gasteiger partial charge in [0.2, 0.25) is 0 Å². The third-order valence-corrected chi connectivity index (χ3v) is 4.38. The number of aliphatic carboxylic acids is 1. The third-order valence-electron chi connectivity index (χ3n) is 3.14. The van der Waals surface area contributed by atoms with Gasteiger partial charge in [-0.1, -0.05) is 28.7 Å². The molecule has 2 atom stereocenters. The lowest BCUT2D eigenvalue weighted by atomic mass is 9.93. The summed E-state index contributed by atoms with van der Waals surface area (Å²) in [5.74, 6) is 0.516. The number of hydrogen-bond donors (Lipinski definition) is 3. The van der Waals surface area contributed by atoms with Crippen LogP contribution in [0, 0.1) is 0 Å². The first-order valence-electron chi connectivity index (χ1n) is 6.41. The van der Waals surface area contributed by atoms with E-state index in [0.29, 0.717) is 24.4 Å². The van der Waals surface area contributed by atoms with Crippen molar-refractivity contribution in [1.82, 2.24) is 0 Å². The molecule has 21 heavy (non-hydrogen) atoms. The summed E-state index contributed by atoms with van der Waals surface area (Å²) in [5, 5.41) is 18.1. The SMILES string of the molecule is N[C@@H](CC1(I)C=CC(Oc2ccc(O)cc2)=CC1)C(=O)O. The van der Waals surface area contributed by atoms with E-state index in [1.54, 1.807) is 24.3 Å². The van der Waals surface area contributed by atoms with E-state index in [1.807, 2.05) is 18.2 Å². The van der Waals surface area contributed by atoms with Crippen LogP contribution >= 0.6 is 22.6 Å². The van der Waals surface area contributed by atoms with Crippen molar-refractivity contribution < 1.29 is 19.7 Å². The van der Waals surface area contributed by atoms with E-state index in [9.17, 15) is 9.90 Å². The number of phenols is 1. The quantitative estimate of drug-likeness (QED) is 0.521. The molecule has 0 heterocycles. The molecule has 1 aliphatic carbocycles. The zero-order valence-electron chi connectivity index (χ0n) is 11.2. The number of carboxylic acids is 1. The molecule has 0 aliphatic heterocycles. The van der Waals surface area contributed by atoms with E-state index in [-0.39, 0.29) is 9.17 Å². The van der Waals surface area contributed by atoms with E-state index < -0.39 is 12.0 Å². The lowest BCUT2D eigenvalue weighted by Crippen LogP contribution is -2.37. The number of rotatable bonds is 5. The second-order valence-electron chi connectivity index (χ2n) is 4.92. The van der Waals surface area contributed by atoms with Gasteiger partial charge in [0, 0.05) is 3.42 Å². The minimum absolute atomic E-state index is 0.185. The van der Waals surface area contributed by atoms with Gasteiger partial charge in [-0.2, -0.15) is 0 Å². The second kappa shape index (κ2) is 6.48. The Morgan fingerprint density at radius 2 is 2.10 bits per heavy atom. The van der Waals surface area contributed by atoms with Gasteiger partial charge in [-0.15, -0.1) is 0 Å². The predicted molar refractivity (Wildman–Crippen MR) is 87.6 cm³/mol. The first-order chi connectivity index (χ1) is 9.88. The number of nitrogens with two attached hydrogens (primary N) is 1. The van der Waals surface area contributed by atoms with Crippen molar-refractivity contribution in [2.24, 2.45) is 5.73 Å². The monoisotopic (exact) mass is 401 g/mol. The Morgan fingerprint density at radius 3 is 2.62 bits per heavy atom. The maximum absolute atomic E-state index is 10.8. The van der Waals surface area contributed by atoms with Crippen molar-refractivity contribution in [3.63, 3.8) is 0 Å². The largest absolute Gasteiger partial charge is 0.508 e. The maximum atomic E-state index is 10.8. The molecule has 6 heteroatoms. The molecule has 5 nitrogen and oxygen atoms in total. The van der Waals surface area contributed by atoms with Gasteiger partial charge in [-0.05, 0) is 49.3 Å². The Bertz CT molecular complexity index is 582. The lowest BCUT2D eigenvalue weighted by molar-refractivity contribution is -0.138. The molecule has 1 aliphatic rings. The van der Waals surface area contributed by atoms with Crippen LogP contribution in [0.4, 0.5) is 0 Å². The Labute approximate surface area is 136 Å². The van der Waals surface area contributed by atoms with Gasteiger partial charge < -0.3 is 20.7 Å². The number of alkyl halides is 1. The van der Waals surface area contributed by atoms with E-state index in [1.165, 1.54) is 0 Å². The second-order valence-corrected chi connectivity index (χ2v) is 7.07. The highest BCUT2D eigenvalue weighted by Crippen LogP contribution is 2.35. The fourth-order valence-corrected chi connectivity index (χ4v) is 2.84. The van der Waals surface area contributed by atoms with Gasteiger partial charge in [-0.25, -0.2) is 0 Å². The number of ether oxygens (including phenoxy) is 1. The lowest BCUT2D eigenvalue weighted by Gasteiger charge is -2.27. The molecule has 4 N–H and O–H groups in total. The normalized spacial score (nSPS) is 22.5. The molecule has 2 rings (SSSR count). The van der Waals surface area contributed by atoms with Crippen LogP contribution in [0.5, 0.6) is 11.5 Å². The number of benzene rings is 1. The zero-order valence-corrected chi connectivity index (χ0v) is 13.4. The van der Waals surface area contributed by atoms with Gasteiger partial charge >= 0.3 is 5.97 Å². The standard InChI is InChI=1S/C15H16INO4/c16-15(9-13(17)14(19)20)7-5-12(6-8-15)21-11-3-1-10(18)2-4-11/h1-7,13,18H,8-9,17H2,(H,19,20)/t13-,15?/m0/s1. The number of allylic oxidation sites excluding steroid dienone is 3. The highest BCUT2D eigenvalue weighted by atomic mass is 127. The smallest absolute Gasteiger partial charge is 0.320 e. The molecule has 0 amide bonds. The number of phenolic OH excluding ortho intramolecular Hbond substituents is 1. The Balaban J connectivity index is 1.97. The molecule has 0 spiro atoms. The van der Waals surface area contributed by atoms with Crippen LogP contribution in [0.2, 0.25) is 0 Å².